The second-order valence-corrected chi connectivity index (χ2v) is 5.66. The van der Waals surface area contributed by atoms with Crippen LogP contribution in [0.2, 0.25) is 0 Å². The van der Waals surface area contributed by atoms with E-state index in [2.05, 4.69) is 4.90 Å². The van der Waals surface area contributed by atoms with Gasteiger partial charge >= 0.3 is 0 Å². The SMILES string of the molecule is N#CCCN(CCN1CCOCC1)C(=O)C=Cc1c(F)cccc1F. The molecule has 1 aliphatic heterocycles. The first-order chi connectivity index (χ1) is 12.1. The largest absolute Gasteiger partial charge is 0.379 e. The van der Waals surface area contributed by atoms with Gasteiger partial charge in [0.05, 0.1) is 25.7 Å². The third-order valence-electron chi connectivity index (χ3n) is 3.99. The molecule has 0 atom stereocenters. The van der Waals surface area contributed by atoms with E-state index >= 15 is 0 Å². The zero-order valence-electron chi connectivity index (χ0n) is 14.0. The number of nitriles is 1. The Morgan fingerprint density at radius 2 is 1.96 bits per heavy atom. The molecule has 0 radical (unpaired) electrons. The molecule has 134 valence electrons. The van der Waals surface area contributed by atoms with E-state index in [1.54, 1.807) is 0 Å². The predicted molar refractivity (Wildman–Crippen MR) is 89.5 cm³/mol. The second kappa shape index (κ2) is 9.87. The molecule has 0 N–H and O–H groups in total. The maximum absolute atomic E-state index is 13.6. The molecule has 2 rings (SSSR count). The van der Waals surface area contributed by atoms with Crippen LogP contribution in [0.3, 0.4) is 0 Å². The molecule has 1 saturated heterocycles. The van der Waals surface area contributed by atoms with E-state index in [9.17, 15) is 13.6 Å². The van der Waals surface area contributed by atoms with E-state index in [4.69, 9.17) is 10.00 Å². The first-order valence-electron chi connectivity index (χ1n) is 8.20. The number of amides is 1. The number of nitrogens with zero attached hydrogens (tertiary/aromatic N) is 3. The van der Waals surface area contributed by atoms with Gasteiger partial charge in [-0.3, -0.25) is 9.69 Å². The van der Waals surface area contributed by atoms with Crippen LogP contribution in [0, 0.1) is 23.0 Å². The van der Waals surface area contributed by atoms with Crippen molar-refractivity contribution >= 4 is 12.0 Å². The van der Waals surface area contributed by atoms with Gasteiger partial charge in [0.1, 0.15) is 11.6 Å². The van der Waals surface area contributed by atoms with Gasteiger partial charge in [0.15, 0.2) is 0 Å². The van der Waals surface area contributed by atoms with Crippen molar-refractivity contribution in [3.63, 3.8) is 0 Å². The third-order valence-corrected chi connectivity index (χ3v) is 3.99. The Kier molecular flexibility index (Phi) is 7.51. The lowest BCUT2D eigenvalue weighted by Crippen LogP contribution is -2.43. The minimum Gasteiger partial charge on any atom is -0.379 e. The summed E-state index contributed by atoms with van der Waals surface area (Å²) in [6, 6.07) is 5.56. The van der Waals surface area contributed by atoms with Crippen LogP contribution in [0.4, 0.5) is 8.78 Å². The zero-order chi connectivity index (χ0) is 18.1. The average molecular weight is 349 g/mol. The zero-order valence-corrected chi connectivity index (χ0v) is 14.0. The summed E-state index contributed by atoms with van der Waals surface area (Å²) in [5.74, 6) is -1.81. The lowest BCUT2D eigenvalue weighted by molar-refractivity contribution is -0.126. The second-order valence-electron chi connectivity index (χ2n) is 5.66. The quantitative estimate of drug-likeness (QED) is 0.707. The summed E-state index contributed by atoms with van der Waals surface area (Å²) < 4.78 is 32.5. The van der Waals surface area contributed by atoms with Gasteiger partial charge in [0.2, 0.25) is 5.91 Å². The Morgan fingerprint density at radius 1 is 1.28 bits per heavy atom. The standard InChI is InChI=1S/C18H21F2N3O2/c19-16-3-1-4-17(20)15(16)5-6-18(24)23(8-2-7-21)10-9-22-11-13-25-14-12-22/h1,3-6H,2,8-14H2. The van der Waals surface area contributed by atoms with Crippen molar-refractivity contribution in [1.82, 2.24) is 9.80 Å². The van der Waals surface area contributed by atoms with E-state index in [1.807, 2.05) is 6.07 Å². The Balaban J connectivity index is 1.99. The third kappa shape index (κ3) is 5.93. The first kappa shape index (κ1) is 19.0. The van der Waals surface area contributed by atoms with E-state index in [0.717, 1.165) is 37.4 Å². The molecule has 0 saturated carbocycles. The normalized spacial score (nSPS) is 15.2. The number of halogens is 2. The van der Waals surface area contributed by atoms with Gasteiger partial charge in [0.25, 0.3) is 0 Å². The highest BCUT2D eigenvalue weighted by Gasteiger charge is 2.15. The maximum Gasteiger partial charge on any atom is 0.246 e. The molecule has 1 aliphatic rings. The lowest BCUT2D eigenvalue weighted by atomic mass is 10.2. The van der Waals surface area contributed by atoms with Crippen LogP contribution in [0.5, 0.6) is 0 Å². The highest BCUT2D eigenvalue weighted by atomic mass is 19.1. The summed E-state index contributed by atoms with van der Waals surface area (Å²) in [6.07, 6.45) is 2.50. The minimum absolute atomic E-state index is 0.205. The Bertz CT molecular complexity index is 632. The van der Waals surface area contributed by atoms with Gasteiger partial charge in [-0.15, -0.1) is 0 Å². The van der Waals surface area contributed by atoms with Crippen molar-refractivity contribution in [2.45, 2.75) is 6.42 Å². The Hall–Kier alpha value is -2.30. The number of carbonyl (C=O) groups excluding carboxylic acids is 1. The van der Waals surface area contributed by atoms with Gasteiger partial charge in [-0.1, -0.05) is 6.07 Å². The number of rotatable bonds is 7. The van der Waals surface area contributed by atoms with Crippen LogP contribution >= 0.6 is 0 Å². The van der Waals surface area contributed by atoms with E-state index < -0.39 is 11.6 Å². The molecule has 0 unspecified atom stereocenters. The van der Waals surface area contributed by atoms with Crippen LogP contribution in [0.25, 0.3) is 6.08 Å². The number of carbonyl (C=O) groups is 1. The van der Waals surface area contributed by atoms with Gasteiger partial charge in [0, 0.05) is 44.4 Å². The van der Waals surface area contributed by atoms with Crippen molar-refractivity contribution in [2.24, 2.45) is 0 Å². The smallest absolute Gasteiger partial charge is 0.246 e. The van der Waals surface area contributed by atoms with Crippen LogP contribution in [0.1, 0.15) is 12.0 Å². The summed E-state index contributed by atoms with van der Waals surface area (Å²) >= 11 is 0. The molecule has 5 nitrogen and oxygen atoms in total. The molecular formula is C18H21F2N3O2. The Labute approximate surface area is 146 Å². The number of ether oxygens (including phenoxy) is 1. The molecule has 1 amide bonds. The summed E-state index contributed by atoms with van der Waals surface area (Å²) in [6.45, 7) is 4.33. The summed E-state index contributed by atoms with van der Waals surface area (Å²) in [7, 11) is 0. The molecule has 25 heavy (non-hydrogen) atoms. The number of hydrogen-bond donors (Lipinski definition) is 0. The number of benzene rings is 1. The molecule has 1 aromatic carbocycles. The monoisotopic (exact) mass is 349 g/mol. The molecule has 1 fully saturated rings. The van der Waals surface area contributed by atoms with Crippen LogP contribution < -0.4 is 0 Å². The fraction of sp³-hybridized carbons (Fsp3) is 0.444. The topological polar surface area (TPSA) is 56.6 Å². The molecule has 0 bridgehead atoms. The number of morpholine rings is 1. The van der Waals surface area contributed by atoms with E-state index in [0.29, 0.717) is 26.3 Å². The molecule has 1 aromatic rings. The predicted octanol–water partition coefficient (Wildman–Crippen LogP) is 2.05. The molecule has 7 heteroatoms. The highest BCUT2D eigenvalue weighted by Crippen LogP contribution is 2.14. The van der Waals surface area contributed by atoms with Crippen molar-refractivity contribution < 1.29 is 18.3 Å². The van der Waals surface area contributed by atoms with Gasteiger partial charge in [-0.25, -0.2) is 8.78 Å². The molecule has 0 aromatic heterocycles. The van der Waals surface area contributed by atoms with Crippen LogP contribution in [-0.4, -0.2) is 61.6 Å². The fourth-order valence-electron chi connectivity index (χ4n) is 2.53. The first-order valence-corrected chi connectivity index (χ1v) is 8.20. The summed E-state index contributed by atoms with van der Waals surface area (Å²) in [5.41, 5.74) is -0.246. The maximum atomic E-state index is 13.6. The minimum atomic E-state index is -0.721. The summed E-state index contributed by atoms with van der Waals surface area (Å²) in [4.78, 5) is 16.1. The molecule has 0 spiro atoms. The number of hydrogen-bond acceptors (Lipinski definition) is 4. The summed E-state index contributed by atoms with van der Waals surface area (Å²) in [5, 5.41) is 8.76. The van der Waals surface area contributed by atoms with Crippen molar-refractivity contribution in [2.75, 3.05) is 45.9 Å². The highest BCUT2D eigenvalue weighted by molar-refractivity contribution is 5.91. The van der Waals surface area contributed by atoms with Crippen LogP contribution in [0.15, 0.2) is 24.3 Å². The molecule has 1 heterocycles. The van der Waals surface area contributed by atoms with E-state index in [-0.39, 0.29) is 24.4 Å². The fourth-order valence-corrected chi connectivity index (χ4v) is 2.53. The van der Waals surface area contributed by atoms with Gasteiger partial charge < -0.3 is 9.64 Å². The van der Waals surface area contributed by atoms with Crippen molar-refractivity contribution in [1.29, 1.82) is 5.26 Å². The van der Waals surface area contributed by atoms with Crippen molar-refractivity contribution in [3.05, 3.63) is 41.5 Å². The Morgan fingerprint density at radius 3 is 2.60 bits per heavy atom. The molecule has 0 aliphatic carbocycles. The lowest BCUT2D eigenvalue weighted by Gasteiger charge is -2.29. The molecular weight excluding hydrogens is 328 g/mol. The van der Waals surface area contributed by atoms with E-state index in [1.165, 1.54) is 11.0 Å². The average Bonchev–Trinajstić information content (AvgIpc) is 2.62. The van der Waals surface area contributed by atoms with Gasteiger partial charge in [-0.05, 0) is 18.2 Å². The van der Waals surface area contributed by atoms with Crippen LogP contribution in [-0.2, 0) is 9.53 Å². The van der Waals surface area contributed by atoms with Crippen molar-refractivity contribution in [3.8, 4) is 6.07 Å². The van der Waals surface area contributed by atoms with Gasteiger partial charge in [-0.2, -0.15) is 5.26 Å².